The number of hydrogen-bond donors (Lipinski definition) is 2. The molecule has 2 N–H and O–H groups in total. The van der Waals surface area contributed by atoms with E-state index in [4.69, 9.17) is 9.63 Å². The van der Waals surface area contributed by atoms with Crippen molar-refractivity contribution in [2.45, 2.75) is 53.1 Å². The van der Waals surface area contributed by atoms with Gasteiger partial charge in [0.1, 0.15) is 11.2 Å². The van der Waals surface area contributed by atoms with Gasteiger partial charge in [0.15, 0.2) is 0 Å². The van der Waals surface area contributed by atoms with Gasteiger partial charge in [-0.3, -0.25) is 14.2 Å². The number of rotatable bonds is 10. The molecule has 0 spiro atoms. The van der Waals surface area contributed by atoms with Crippen molar-refractivity contribution < 1.29 is 19.2 Å². The predicted octanol–water partition coefficient (Wildman–Crippen LogP) is 3.33. The number of carboxylic acid groups (broad SMARTS) is 1. The Labute approximate surface area is 197 Å². The van der Waals surface area contributed by atoms with Gasteiger partial charge in [0.05, 0.1) is 18.3 Å². The molecule has 0 radical (unpaired) electrons. The lowest BCUT2D eigenvalue weighted by Gasteiger charge is -2.33. The van der Waals surface area contributed by atoms with E-state index in [1.54, 1.807) is 16.4 Å². The summed E-state index contributed by atoms with van der Waals surface area (Å²) in [5.41, 5.74) is 1.25. The number of hydrogen-bond acceptors (Lipinski definition) is 6. The van der Waals surface area contributed by atoms with Crippen LogP contribution in [0.4, 0.5) is 4.79 Å². The molecule has 0 bridgehead atoms. The molecule has 1 aromatic carbocycles. The highest BCUT2D eigenvalue weighted by atomic mass is 16.5. The van der Waals surface area contributed by atoms with Crippen molar-refractivity contribution in [2.24, 2.45) is 5.92 Å². The maximum Gasteiger partial charge on any atom is 0.404 e. The van der Waals surface area contributed by atoms with Crippen LogP contribution in [0.5, 0.6) is 0 Å². The number of aromatic nitrogens is 3. The van der Waals surface area contributed by atoms with E-state index in [0.29, 0.717) is 36.3 Å². The van der Waals surface area contributed by atoms with Crippen LogP contribution in [0.3, 0.4) is 0 Å². The minimum atomic E-state index is -1.11. The summed E-state index contributed by atoms with van der Waals surface area (Å²) in [5, 5.41) is 15.4. The number of nitrogens with one attached hydrogen (secondary N) is 1. The Kier molecular flexibility index (Phi) is 8.04. The van der Waals surface area contributed by atoms with Gasteiger partial charge in [-0.1, -0.05) is 56.3 Å². The van der Waals surface area contributed by atoms with Crippen LogP contribution in [0.15, 0.2) is 39.6 Å². The molecule has 1 atom stereocenters. The molecule has 0 aliphatic rings. The number of carbonyl (C=O) groups excluding carboxylic acids is 1. The van der Waals surface area contributed by atoms with Crippen LogP contribution in [-0.2, 0) is 11.3 Å². The van der Waals surface area contributed by atoms with E-state index < -0.39 is 12.1 Å². The van der Waals surface area contributed by atoms with Crippen LogP contribution in [0.25, 0.3) is 11.1 Å². The standard InChI is InChI=1S/C24H31N5O5/c1-5-18(28(22(30)15(2)3)13-9-12-25-24(32)33)20-26-21-19(16(4)27-34-21)23(31)29(20)14-17-10-7-6-8-11-17/h6-8,10-11,15,18,25H,5,9,12-14H2,1-4H3,(H,32,33). The molecule has 2 amide bonds. The molecule has 0 aliphatic heterocycles. The number of carbonyl (C=O) groups is 2. The Balaban J connectivity index is 2.10. The Hall–Kier alpha value is -3.69. The van der Waals surface area contributed by atoms with Gasteiger partial charge >= 0.3 is 6.09 Å². The third-order valence-electron chi connectivity index (χ3n) is 5.67. The number of amides is 2. The number of benzene rings is 1. The Morgan fingerprint density at radius 2 is 1.94 bits per heavy atom. The molecule has 10 heteroatoms. The first-order chi connectivity index (χ1) is 16.2. The molecular weight excluding hydrogens is 438 g/mol. The van der Waals surface area contributed by atoms with Gasteiger partial charge in [-0.2, -0.15) is 4.98 Å². The van der Waals surface area contributed by atoms with Crippen molar-refractivity contribution in [3.8, 4) is 0 Å². The normalized spacial score (nSPS) is 12.1. The number of fused-ring (bicyclic) bond motifs is 1. The van der Waals surface area contributed by atoms with Crippen molar-refractivity contribution in [1.82, 2.24) is 24.9 Å². The van der Waals surface area contributed by atoms with Crippen LogP contribution >= 0.6 is 0 Å². The second-order valence-electron chi connectivity index (χ2n) is 8.49. The summed E-state index contributed by atoms with van der Waals surface area (Å²) in [7, 11) is 0. The highest BCUT2D eigenvalue weighted by Gasteiger charge is 2.30. The highest BCUT2D eigenvalue weighted by molar-refractivity contribution is 5.79. The summed E-state index contributed by atoms with van der Waals surface area (Å²) in [4.78, 5) is 44.0. The van der Waals surface area contributed by atoms with Gasteiger partial charge < -0.3 is 19.8 Å². The molecule has 0 saturated carbocycles. The Morgan fingerprint density at radius 3 is 2.56 bits per heavy atom. The fourth-order valence-corrected chi connectivity index (χ4v) is 4.00. The van der Waals surface area contributed by atoms with Gasteiger partial charge in [0.25, 0.3) is 11.3 Å². The van der Waals surface area contributed by atoms with Crippen molar-refractivity contribution in [2.75, 3.05) is 13.1 Å². The van der Waals surface area contributed by atoms with Gasteiger partial charge in [-0.05, 0) is 25.3 Å². The first kappa shape index (κ1) is 24.9. The van der Waals surface area contributed by atoms with E-state index in [1.807, 2.05) is 51.1 Å². The predicted molar refractivity (Wildman–Crippen MR) is 127 cm³/mol. The van der Waals surface area contributed by atoms with Crippen molar-refractivity contribution in [1.29, 1.82) is 0 Å². The van der Waals surface area contributed by atoms with Crippen molar-refractivity contribution >= 4 is 23.1 Å². The zero-order valence-corrected chi connectivity index (χ0v) is 19.9. The van der Waals surface area contributed by atoms with E-state index in [2.05, 4.69) is 15.5 Å². The average molecular weight is 470 g/mol. The Bertz CT molecular complexity index is 1200. The van der Waals surface area contributed by atoms with E-state index in [1.165, 1.54) is 0 Å². The van der Waals surface area contributed by atoms with Gasteiger partial charge in [-0.25, -0.2) is 4.79 Å². The molecule has 0 aliphatic carbocycles. The molecular formula is C24H31N5O5. The smallest absolute Gasteiger partial charge is 0.404 e. The molecule has 0 fully saturated rings. The molecule has 182 valence electrons. The minimum absolute atomic E-state index is 0.100. The fourth-order valence-electron chi connectivity index (χ4n) is 4.00. The third kappa shape index (κ3) is 5.44. The highest BCUT2D eigenvalue weighted by Crippen LogP contribution is 2.27. The second kappa shape index (κ2) is 11.0. The maximum atomic E-state index is 13.6. The summed E-state index contributed by atoms with van der Waals surface area (Å²) in [6, 6.07) is 9.05. The first-order valence-electron chi connectivity index (χ1n) is 11.4. The van der Waals surface area contributed by atoms with Crippen LogP contribution in [0.1, 0.15) is 56.7 Å². The zero-order valence-electron chi connectivity index (χ0n) is 19.9. The molecule has 10 nitrogen and oxygen atoms in total. The summed E-state index contributed by atoms with van der Waals surface area (Å²) in [6.45, 7) is 8.04. The lowest BCUT2D eigenvalue weighted by atomic mass is 10.1. The van der Waals surface area contributed by atoms with Crippen LogP contribution in [0, 0.1) is 12.8 Å². The molecule has 2 heterocycles. The van der Waals surface area contributed by atoms with Crippen LogP contribution in [-0.4, -0.2) is 49.8 Å². The summed E-state index contributed by atoms with van der Waals surface area (Å²) in [6.07, 6.45) is -0.184. The van der Waals surface area contributed by atoms with E-state index in [-0.39, 0.29) is 36.2 Å². The molecule has 3 rings (SSSR count). The number of aryl methyl sites for hydroxylation is 1. The van der Waals surface area contributed by atoms with Crippen molar-refractivity contribution in [3.63, 3.8) is 0 Å². The SMILES string of the molecule is CCC(c1nc2onc(C)c2c(=O)n1Cc1ccccc1)N(CCCNC(=O)O)C(=O)C(C)C. The van der Waals surface area contributed by atoms with Crippen LogP contribution < -0.4 is 10.9 Å². The monoisotopic (exact) mass is 469 g/mol. The minimum Gasteiger partial charge on any atom is -0.465 e. The topological polar surface area (TPSA) is 131 Å². The summed E-state index contributed by atoms with van der Waals surface area (Å²) < 4.78 is 6.92. The van der Waals surface area contributed by atoms with E-state index in [9.17, 15) is 14.4 Å². The number of nitrogens with zero attached hydrogens (tertiary/aromatic N) is 4. The third-order valence-corrected chi connectivity index (χ3v) is 5.67. The lowest BCUT2D eigenvalue weighted by Crippen LogP contribution is -2.42. The first-order valence-corrected chi connectivity index (χ1v) is 11.4. The molecule has 3 aromatic rings. The summed E-state index contributed by atoms with van der Waals surface area (Å²) >= 11 is 0. The second-order valence-corrected chi connectivity index (χ2v) is 8.49. The van der Waals surface area contributed by atoms with Gasteiger partial charge in [0.2, 0.25) is 5.91 Å². The quantitative estimate of drug-likeness (QED) is 0.436. The molecule has 2 aromatic heterocycles. The molecule has 34 heavy (non-hydrogen) atoms. The van der Waals surface area contributed by atoms with Crippen molar-refractivity contribution in [3.05, 3.63) is 57.8 Å². The Morgan fingerprint density at radius 1 is 1.24 bits per heavy atom. The largest absolute Gasteiger partial charge is 0.465 e. The molecule has 0 saturated heterocycles. The van der Waals surface area contributed by atoms with E-state index >= 15 is 0 Å². The average Bonchev–Trinajstić information content (AvgIpc) is 3.18. The lowest BCUT2D eigenvalue weighted by molar-refractivity contribution is -0.137. The molecule has 1 unspecified atom stereocenters. The zero-order chi connectivity index (χ0) is 24.8. The maximum absolute atomic E-state index is 13.6. The van der Waals surface area contributed by atoms with Crippen LogP contribution in [0.2, 0.25) is 0 Å². The van der Waals surface area contributed by atoms with E-state index in [0.717, 1.165) is 5.56 Å². The van der Waals surface area contributed by atoms with Gasteiger partial charge in [-0.15, -0.1) is 0 Å². The van der Waals surface area contributed by atoms with Gasteiger partial charge in [0, 0.05) is 19.0 Å². The fraction of sp³-hybridized carbons (Fsp3) is 0.458. The summed E-state index contributed by atoms with van der Waals surface area (Å²) in [5.74, 6) is 0.0313.